The Bertz CT molecular complexity index is 465. The predicted molar refractivity (Wildman–Crippen MR) is 67.5 cm³/mol. The molecule has 0 saturated carbocycles. The first-order valence-electron chi connectivity index (χ1n) is 6.41. The molecule has 0 atom stereocenters. The van der Waals surface area contributed by atoms with E-state index in [9.17, 15) is 23.1 Å². The number of carbonyl (C=O) groups is 1. The summed E-state index contributed by atoms with van der Waals surface area (Å²) in [6.07, 6.45) is -3.85. The van der Waals surface area contributed by atoms with Crippen LogP contribution >= 0.6 is 0 Å². The number of carboxylic acid groups (broad SMARTS) is 1. The number of hydrogen-bond acceptors (Lipinski definition) is 2. The van der Waals surface area contributed by atoms with Crippen LogP contribution in [0.15, 0.2) is 30.3 Å². The number of carboxylic acids is 1. The van der Waals surface area contributed by atoms with Crippen LogP contribution in [-0.2, 0) is 10.2 Å². The summed E-state index contributed by atoms with van der Waals surface area (Å²) in [6, 6.07) is 8.75. The summed E-state index contributed by atoms with van der Waals surface area (Å²) in [5.74, 6) is -0.963. The van der Waals surface area contributed by atoms with Gasteiger partial charge in [-0.2, -0.15) is 13.2 Å². The van der Waals surface area contributed by atoms with Gasteiger partial charge < -0.3 is 5.11 Å². The highest BCUT2D eigenvalue weighted by Crippen LogP contribution is 2.36. The fourth-order valence-corrected chi connectivity index (χ4v) is 2.73. The molecule has 1 aromatic carbocycles. The van der Waals surface area contributed by atoms with Gasteiger partial charge in [0.05, 0.1) is 12.0 Å². The molecule has 0 aliphatic carbocycles. The first-order chi connectivity index (χ1) is 9.33. The summed E-state index contributed by atoms with van der Waals surface area (Å²) in [6.45, 7) is -0.696. The average Bonchev–Trinajstić information content (AvgIpc) is 2.39. The lowest BCUT2D eigenvalue weighted by Crippen LogP contribution is -2.49. The summed E-state index contributed by atoms with van der Waals surface area (Å²) >= 11 is 0. The van der Waals surface area contributed by atoms with Gasteiger partial charge in [0.1, 0.15) is 0 Å². The summed E-state index contributed by atoms with van der Waals surface area (Å²) in [5, 5.41) is 9.52. The van der Waals surface area contributed by atoms with Gasteiger partial charge in [-0.15, -0.1) is 0 Å². The van der Waals surface area contributed by atoms with E-state index in [1.807, 2.05) is 0 Å². The minimum absolute atomic E-state index is 0.140. The number of likely N-dealkylation sites (tertiary alicyclic amines) is 1. The molecule has 0 aromatic heterocycles. The first-order valence-corrected chi connectivity index (χ1v) is 6.41. The van der Waals surface area contributed by atoms with E-state index in [1.165, 1.54) is 4.90 Å². The van der Waals surface area contributed by atoms with Gasteiger partial charge in [0, 0.05) is 0 Å². The van der Waals surface area contributed by atoms with Crippen molar-refractivity contribution in [3.63, 3.8) is 0 Å². The van der Waals surface area contributed by atoms with Crippen LogP contribution in [0.5, 0.6) is 0 Å². The molecule has 3 nitrogen and oxygen atoms in total. The van der Waals surface area contributed by atoms with Crippen molar-refractivity contribution in [3.8, 4) is 0 Å². The van der Waals surface area contributed by atoms with Crippen molar-refractivity contribution >= 4 is 5.97 Å². The second-order valence-corrected chi connectivity index (χ2v) is 5.14. The van der Waals surface area contributed by atoms with E-state index in [0.29, 0.717) is 5.56 Å². The van der Waals surface area contributed by atoms with Crippen LogP contribution in [0.3, 0.4) is 0 Å². The molecule has 1 aliphatic heterocycles. The monoisotopic (exact) mass is 287 g/mol. The van der Waals surface area contributed by atoms with Crippen molar-refractivity contribution in [1.82, 2.24) is 4.90 Å². The van der Waals surface area contributed by atoms with Crippen molar-refractivity contribution in [2.45, 2.75) is 24.4 Å². The Morgan fingerprint density at radius 1 is 1.20 bits per heavy atom. The Morgan fingerprint density at radius 3 is 2.20 bits per heavy atom. The molecule has 1 saturated heterocycles. The van der Waals surface area contributed by atoms with Gasteiger partial charge >= 0.3 is 12.1 Å². The van der Waals surface area contributed by atoms with E-state index >= 15 is 0 Å². The van der Waals surface area contributed by atoms with E-state index in [0.717, 1.165) is 0 Å². The third-order valence-corrected chi connectivity index (χ3v) is 3.85. The maximum absolute atomic E-state index is 12.4. The third kappa shape index (κ3) is 3.12. The molecule has 2 rings (SSSR count). The molecule has 1 aromatic rings. The largest absolute Gasteiger partial charge is 0.481 e. The normalized spacial score (nSPS) is 19.8. The van der Waals surface area contributed by atoms with Crippen LogP contribution in [0.1, 0.15) is 18.4 Å². The van der Waals surface area contributed by atoms with Gasteiger partial charge in [0.25, 0.3) is 0 Å². The Hall–Kier alpha value is -1.56. The van der Waals surface area contributed by atoms with E-state index in [4.69, 9.17) is 0 Å². The van der Waals surface area contributed by atoms with Gasteiger partial charge in [-0.3, -0.25) is 9.69 Å². The highest BCUT2D eigenvalue weighted by molar-refractivity contribution is 5.81. The molecule has 0 spiro atoms. The van der Waals surface area contributed by atoms with Gasteiger partial charge in [-0.05, 0) is 31.5 Å². The van der Waals surface area contributed by atoms with Crippen LogP contribution in [-0.4, -0.2) is 41.8 Å². The predicted octanol–water partition coefficient (Wildman–Crippen LogP) is 2.67. The number of benzene rings is 1. The Labute approximate surface area is 115 Å². The number of halogens is 3. The molecule has 0 radical (unpaired) electrons. The number of piperidine rings is 1. The lowest BCUT2D eigenvalue weighted by atomic mass is 9.73. The average molecular weight is 287 g/mol. The molecule has 1 fully saturated rings. The lowest BCUT2D eigenvalue weighted by molar-refractivity contribution is -0.154. The maximum Gasteiger partial charge on any atom is 0.401 e. The molecule has 6 heteroatoms. The van der Waals surface area contributed by atoms with Gasteiger partial charge in [-0.25, -0.2) is 0 Å². The Balaban J connectivity index is 2.14. The highest BCUT2D eigenvalue weighted by Gasteiger charge is 2.44. The SMILES string of the molecule is O=C(O)C1(c2ccccc2)CCN(CC(F)(F)F)CC1. The molecule has 1 aliphatic rings. The Morgan fingerprint density at radius 2 is 1.75 bits per heavy atom. The van der Waals surface area contributed by atoms with Crippen LogP contribution in [0, 0.1) is 0 Å². The van der Waals surface area contributed by atoms with Gasteiger partial charge in [-0.1, -0.05) is 30.3 Å². The smallest absolute Gasteiger partial charge is 0.401 e. The van der Waals surface area contributed by atoms with Crippen molar-refractivity contribution in [1.29, 1.82) is 0 Å². The minimum Gasteiger partial charge on any atom is -0.481 e. The number of hydrogen-bond donors (Lipinski definition) is 1. The Kier molecular flexibility index (Phi) is 4.04. The number of alkyl halides is 3. The van der Waals surface area contributed by atoms with Crippen molar-refractivity contribution in [2.24, 2.45) is 0 Å². The molecule has 1 N–H and O–H groups in total. The molecule has 0 unspecified atom stereocenters. The second-order valence-electron chi connectivity index (χ2n) is 5.14. The summed E-state index contributed by atoms with van der Waals surface area (Å²) in [5.41, 5.74) is -0.400. The molecule has 1 heterocycles. The summed E-state index contributed by atoms with van der Waals surface area (Å²) in [4.78, 5) is 12.9. The molecular formula is C14H16F3NO2. The molecule has 0 bridgehead atoms. The fourth-order valence-electron chi connectivity index (χ4n) is 2.73. The van der Waals surface area contributed by atoms with Gasteiger partial charge in [0.15, 0.2) is 0 Å². The second kappa shape index (κ2) is 5.44. The van der Waals surface area contributed by atoms with Crippen molar-refractivity contribution < 1.29 is 23.1 Å². The van der Waals surface area contributed by atoms with Crippen LogP contribution in [0.2, 0.25) is 0 Å². The molecule has 110 valence electrons. The van der Waals surface area contributed by atoms with E-state index in [2.05, 4.69) is 0 Å². The van der Waals surface area contributed by atoms with E-state index in [-0.39, 0.29) is 25.9 Å². The van der Waals surface area contributed by atoms with Crippen LogP contribution < -0.4 is 0 Å². The highest BCUT2D eigenvalue weighted by atomic mass is 19.4. The number of rotatable bonds is 3. The third-order valence-electron chi connectivity index (χ3n) is 3.85. The van der Waals surface area contributed by atoms with Crippen LogP contribution in [0.25, 0.3) is 0 Å². The summed E-state index contributed by atoms with van der Waals surface area (Å²) in [7, 11) is 0. The van der Waals surface area contributed by atoms with E-state index < -0.39 is 24.1 Å². The molecule has 0 amide bonds. The number of nitrogens with zero attached hydrogens (tertiary/aromatic N) is 1. The molecular weight excluding hydrogens is 271 g/mol. The number of aliphatic carboxylic acids is 1. The summed E-state index contributed by atoms with van der Waals surface area (Å²) < 4.78 is 37.1. The van der Waals surface area contributed by atoms with Crippen molar-refractivity contribution in [2.75, 3.05) is 19.6 Å². The quantitative estimate of drug-likeness (QED) is 0.929. The maximum atomic E-state index is 12.4. The zero-order valence-corrected chi connectivity index (χ0v) is 10.9. The van der Waals surface area contributed by atoms with Gasteiger partial charge in [0.2, 0.25) is 0 Å². The zero-order chi connectivity index (χ0) is 14.8. The van der Waals surface area contributed by atoms with Crippen molar-refractivity contribution in [3.05, 3.63) is 35.9 Å². The topological polar surface area (TPSA) is 40.5 Å². The first kappa shape index (κ1) is 14.8. The minimum atomic E-state index is -4.24. The standard InChI is InChI=1S/C14H16F3NO2/c15-14(16,17)10-18-8-6-13(7-9-18,12(19)20)11-4-2-1-3-5-11/h1-5H,6-10H2,(H,19,20). The lowest BCUT2D eigenvalue weighted by Gasteiger charge is -2.39. The van der Waals surface area contributed by atoms with E-state index in [1.54, 1.807) is 30.3 Å². The fraction of sp³-hybridized carbons (Fsp3) is 0.500. The van der Waals surface area contributed by atoms with Crippen LogP contribution in [0.4, 0.5) is 13.2 Å². The molecule has 20 heavy (non-hydrogen) atoms. The zero-order valence-electron chi connectivity index (χ0n) is 10.9.